The van der Waals surface area contributed by atoms with Gasteiger partial charge in [-0.3, -0.25) is 0 Å². The Morgan fingerprint density at radius 2 is 1.45 bits per heavy atom. The highest BCUT2D eigenvalue weighted by molar-refractivity contribution is 4.78. The molecule has 1 aliphatic carbocycles. The summed E-state index contributed by atoms with van der Waals surface area (Å²) in [7, 11) is 1.93. The molecule has 0 radical (unpaired) electrons. The fourth-order valence-corrected chi connectivity index (χ4v) is 1.56. The van der Waals surface area contributed by atoms with Gasteiger partial charge in [0.05, 0.1) is 12.2 Å². The van der Waals surface area contributed by atoms with E-state index in [1.54, 1.807) is 0 Å². The first-order chi connectivity index (χ1) is 5.24. The molecule has 0 aliphatic heterocycles. The van der Waals surface area contributed by atoms with Crippen LogP contribution in [-0.2, 0) is 0 Å². The van der Waals surface area contributed by atoms with Gasteiger partial charge in [-0.1, -0.05) is 0 Å². The standard InChI is InChI=1S/C8H17NO2/c1-9-6-2-4-7(10)8(11)5-3-6/h6-11H,2-5H2,1H3/t6?,7-,8+. The molecule has 11 heavy (non-hydrogen) atoms. The highest BCUT2D eigenvalue weighted by Gasteiger charge is 2.22. The molecule has 3 nitrogen and oxygen atoms in total. The SMILES string of the molecule is CNC1CC[C@@H](O)[C@@H](O)CC1. The second-order valence-electron chi connectivity index (χ2n) is 3.27. The lowest BCUT2D eigenvalue weighted by Crippen LogP contribution is -2.24. The monoisotopic (exact) mass is 159 g/mol. The van der Waals surface area contributed by atoms with Crippen LogP contribution >= 0.6 is 0 Å². The van der Waals surface area contributed by atoms with Gasteiger partial charge in [0.1, 0.15) is 0 Å². The van der Waals surface area contributed by atoms with Crippen molar-refractivity contribution in [3.63, 3.8) is 0 Å². The van der Waals surface area contributed by atoms with Crippen LogP contribution < -0.4 is 5.32 Å². The molecule has 1 rings (SSSR count). The van der Waals surface area contributed by atoms with Crippen molar-refractivity contribution in [3.8, 4) is 0 Å². The van der Waals surface area contributed by atoms with Crippen LogP contribution in [0.4, 0.5) is 0 Å². The first-order valence-corrected chi connectivity index (χ1v) is 4.27. The zero-order chi connectivity index (χ0) is 8.27. The van der Waals surface area contributed by atoms with E-state index in [1.807, 2.05) is 7.05 Å². The van der Waals surface area contributed by atoms with E-state index in [1.165, 1.54) is 0 Å². The molecule has 0 amide bonds. The van der Waals surface area contributed by atoms with Crippen molar-refractivity contribution >= 4 is 0 Å². The van der Waals surface area contributed by atoms with Crippen molar-refractivity contribution in [1.82, 2.24) is 5.32 Å². The fraction of sp³-hybridized carbons (Fsp3) is 1.00. The van der Waals surface area contributed by atoms with Crippen molar-refractivity contribution in [2.45, 2.75) is 43.9 Å². The normalized spacial score (nSPS) is 40.1. The van der Waals surface area contributed by atoms with E-state index in [2.05, 4.69) is 5.32 Å². The van der Waals surface area contributed by atoms with Gasteiger partial charge in [-0.15, -0.1) is 0 Å². The maximum Gasteiger partial charge on any atom is 0.0799 e. The number of nitrogens with one attached hydrogen (secondary N) is 1. The Morgan fingerprint density at radius 1 is 1.00 bits per heavy atom. The van der Waals surface area contributed by atoms with Crippen molar-refractivity contribution in [2.75, 3.05) is 7.05 Å². The Morgan fingerprint density at radius 3 is 1.82 bits per heavy atom. The molecule has 0 aromatic carbocycles. The van der Waals surface area contributed by atoms with Crippen LogP contribution in [0.1, 0.15) is 25.7 Å². The molecule has 1 aliphatic rings. The van der Waals surface area contributed by atoms with Gasteiger partial charge in [0.25, 0.3) is 0 Å². The molecular formula is C8H17NO2. The van der Waals surface area contributed by atoms with E-state index >= 15 is 0 Å². The van der Waals surface area contributed by atoms with E-state index in [4.69, 9.17) is 0 Å². The Balaban J connectivity index is 2.38. The molecular weight excluding hydrogens is 142 g/mol. The molecule has 0 spiro atoms. The summed E-state index contributed by atoms with van der Waals surface area (Å²) in [6.45, 7) is 0. The highest BCUT2D eigenvalue weighted by atomic mass is 16.3. The van der Waals surface area contributed by atoms with Crippen LogP contribution in [-0.4, -0.2) is 35.5 Å². The van der Waals surface area contributed by atoms with Crippen LogP contribution in [0.2, 0.25) is 0 Å². The van der Waals surface area contributed by atoms with E-state index in [9.17, 15) is 10.2 Å². The lowest BCUT2D eigenvalue weighted by molar-refractivity contribution is 0.0157. The third-order valence-corrected chi connectivity index (χ3v) is 2.47. The maximum atomic E-state index is 9.29. The molecule has 3 N–H and O–H groups in total. The molecule has 1 saturated carbocycles. The lowest BCUT2D eigenvalue weighted by atomic mass is 10.1. The van der Waals surface area contributed by atoms with Gasteiger partial charge in [0, 0.05) is 6.04 Å². The molecule has 0 bridgehead atoms. The first-order valence-electron chi connectivity index (χ1n) is 4.27. The van der Waals surface area contributed by atoms with Gasteiger partial charge >= 0.3 is 0 Å². The van der Waals surface area contributed by atoms with Crippen molar-refractivity contribution in [1.29, 1.82) is 0 Å². The summed E-state index contributed by atoms with van der Waals surface area (Å²) in [6, 6.07) is 0.474. The quantitative estimate of drug-likeness (QED) is 0.467. The van der Waals surface area contributed by atoms with Crippen molar-refractivity contribution in [3.05, 3.63) is 0 Å². The molecule has 1 fully saturated rings. The van der Waals surface area contributed by atoms with Gasteiger partial charge in [-0.25, -0.2) is 0 Å². The van der Waals surface area contributed by atoms with Crippen molar-refractivity contribution < 1.29 is 10.2 Å². The average molecular weight is 159 g/mol. The van der Waals surface area contributed by atoms with Crippen LogP contribution in [0.15, 0.2) is 0 Å². The Hall–Kier alpha value is -0.120. The Kier molecular flexibility index (Phi) is 3.30. The largest absolute Gasteiger partial charge is 0.390 e. The van der Waals surface area contributed by atoms with Crippen LogP contribution in [0, 0.1) is 0 Å². The second kappa shape index (κ2) is 4.04. The molecule has 66 valence electrons. The smallest absolute Gasteiger partial charge is 0.0799 e. The summed E-state index contributed by atoms with van der Waals surface area (Å²) < 4.78 is 0. The Bertz CT molecular complexity index is 107. The molecule has 3 heteroatoms. The topological polar surface area (TPSA) is 52.5 Å². The molecule has 0 saturated heterocycles. The van der Waals surface area contributed by atoms with Crippen molar-refractivity contribution in [2.24, 2.45) is 0 Å². The summed E-state index contributed by atoms with van der Waals surface area (Å²) >= 11 is 0. The third kappa shape index (κ3) is 2.43. The highest BCUT2D eigenvalue weighted by Crippen LogP contribution is 2.18. The molecule has 1 unspecified atom stereocenters. The summed E-state index contributed by atoms with van der Waals surface area (Å²) in [5.74, 6) is 0. The minimum Gasteiger partial charge on any atom is -0.390 e. The summed E-state index contributed by atoms with van der Waals surface area (Å²) in [5.41, 5.74) is 0. The number of hydrogen-bond donors (Lipinski definition) is 3. The first kappa shape index (κ1) is 8.97. The second-order valence-corrected chi connectivity index (χ2v) is 3.27. The predicted molar refractivity (Wildman–Crippen MR) is 43.3 cm³/mol. The summed E-state index contributed by atoms with van der Waals surface area (Å²) in [5, 5.41) is 21.7. The lowest BCUT2D eigenvalue weighted by Gasteiger charge is -2.12. The maximum absolute atomic E-state index is 9.29. The number of hydrogen-bond acceptors (Lipinski definition) is 3. The zero-order valence-corrected chi connectivity index (χ0v) is 6.95. The van der Waals surface area contributed by atoms with Crippen LogP contribution in [0.3, 0.4) is 0 Å². The van der Waals surface area contributed by atoms with E-state index in [0.29, 0.717) is 18.9 Å². The van der Waals surface area contributed by atoms with Crippen LogP contribution in [0.25, 0.3) is 0 Å². The predicted octanol–water partition coefficient (Wildman–Crippen LogP) is -0.130. The van der Waals surface area contributed by atoms with E-state index < -0.39 is 12.2 Å². The van der Waals surface area contributed by atoms with Gasteiger partial charge in [-0.05, 0) is 32.7 Å². The van der Waals surface area contributed by atoms with E-state index in [-0.39, 0.29) is 0 Å². The molecule has 0 aromatic rings. The summed E-state index contributed by atoms with van der Waals surface area (Å²) in [6.07, 6.45) is 2.35. The zero-order valence-electron chi connectivity index (χ0n) is 6.95. The van der Waals surface area contributed by atoms with Gasteiger partial charge in [-0.2, -0.15) is 0 Å². The van der Waals surface area contributed by atoms with E-state index in [0.717, 1.165) is 12.8 Å². The molecule has 3 atom stereocenters. The average Bonchev–Trinajstić information content (AvgIpc) is 2.16. The summed E-state index contributed by atoms with van der Waals surface area (Å²) in [4.78, 5) is 0. The number of aliphatic hydroxyl groups is 2. The third-order valence-electron chi connectivity index (χ3n) is 2.47. The Labute approximate surface area is 67.4 Å². The van der Waals surface area contributed by atoms with Crippen LogP contribution in [0.5, 0.6) is 0 Å². The minimum absolute atomic E-state index is 0.474. The number of aliphatic hydroxyl groups excluding tert-OH is 2. The number of rotatable bonds is 1. The minimum atomic E-state index is -0.506. The fourth-order valence-electron chi connectivity index (χ4n) is 1.56. The molecule has 0 heterocycles. The van der Waals surface area contributed by atoms with Gasteiger partial charge < -0.3 is 15.5 Å². The van der Waals surface area contributed by atoms with Gasteiger partial charge in [0.2, 0.25) is 0 Å². The molecule has 0 aromatic heterocycles. The van der Waals surface area contributed by atoms with Gasteiger partial charge in [0.15, 0.2) is 0 Å².